The van der Waals surface area contributed by atoms with Gasteiger partial charge in [0, 0.05) is 11.6 Å². The summed E-state index contributed by atoms with van der Waals surface area (Å²) < 4.78 is 13.2. The van der Waals surface area contributed by atoms with Gasteiger partial charge in [0.1, 0.15) is 5.82 Å². The van der Waals surface area contributed by atoms with Gasteiger partial charge in [0.15, 0.2) is 0 Å². The van der Waals surface area contributed by atoms with Crippen molar-refractivity contribution < 1.29 is 4.39 Å². The minimum atomic E-state index is -0.126. The van der Waals surface area contributed by atoms with Crippen molar-refractivity contribution >= 4 is 0 Å². The monoisotopic (exact) mass is 167 g/mol. The molecular formula is C10H14FN. The first-order chi connectivity index (χ1) is 5.79. The highest BCUT2D eigenvalue weighted by Gasteiger charge is 2.09. The van der Waals surface area contributed by atoms with E-state index in [0.717, 1.165) is 12.0 Å². The van der Waals surface area contributed by atoms with Crippen LogP contribution in [0.5, 0.6) is 0 Å². The van der Waals surface area contributed by atoms with E-state index in [1.807, 2.05) is 26.1 Å². The van der Waals surface area contributed by atoms with Gasteiger partial charge in [-0.1, -0.05) is 25.1 Å². The van der Waals surface area contributed by atoms with Gasteiger partial charge < -0.3 is 5.32 Å². The van der Waals surface area contributed by atoms with E-state index in [-0.39, 0.29) is 11.9 Å². The summed E-state index contributed by atoms with van der Waals surface area (Å²) in [5.41, 5.74) is 0.752. The maximum atomic E-state index is 13.2. The summed E-state index contributed by atoms with van der Waals surface area (Å²) in [6.45, 7) is 2.04. The Morgan fingerprint density at radius 2 is 2.08 bits per heavy atom. The van der Waals surface area contributed by atoms with E-state index in [0.29, 0.717) is 0 Å². The highest BCUT2D eigenvalue weighted by Crippen LogP contribution is 2.18. The highest BCUT2D eigenvalue weighted by molar-refractivity contribution is 5.20. The first-order valence-electron chi connectivity index (χ1n) is 4.21. The lowest BCUT2D eigenvalue weighted by Gasteiger charge is -2.14. The second-order valence-corrected chi connectivity index (χ2v) is 2.77. The Balaban J connectivity index is 2.92. The van der Waals surface area contributed by atoms with Gasteiger partial charge in [0.25, 0.3) is 0 Å². The fraction of sp³-hybridized carbons (Fsp3) is 0.400. The van der Waals surface area contributed by atoms with Gasteiger partial charge in [-0.3, -0.25) is 0 Å². The Morgan fingerprint density at radius 1 is 1.42 bits per heavy atom. The molecule has 0 aromatic heterocycles. The molecule has 1 rings (SSSR count). The molecule has 0 heterocycles. The summed E-state index contributed by atoms with van der Waals surface area (Å²) in [7, 11) is 1.85. The number of hydrogen-bond donors (Lipinski definition) is 1. The van der Waals surface area contributed by atoms with Crippen molar-refractivity contribution in [3.05, 3.63) is 35.6 Å². The molecule has 0 aliphatic rings. The predicted molar refractivity (Wildman–Crippen MR) is 48.5 cm³/mol. The fourth-order valence-corrected chi connectivity index (χ4v) is 1.34. The molecule has 1 atom stereocenters. The van der Waals surface area contributed by atoms with E-state index in [4.69, 9.17) is 0 Å². The average Bonchev–Trinajstić information content (AvgIpc) is 2.10. The van der Waals surface area contributed by atoms with Crippen LogP contribution in [0.1, 0.15) is 24.9 Å². The second kappa shape index (κ2) is 4.21. The van der Waals surface area contributed by atoms with Crippen LogP contribution < -0.4 is 5.32 Å². The lowest BCUT2D eigenvalue weighted by atomic mass is 10.0. The molecule has 0 aliphatic heterocycles. The first kappa shape index (κ1) is 9.20. The summed E-state index contributed by atoms with van der Waals surface area (Å²) in [5, 5.41) is 3.07. The van der Waals surface area contributed by atoms with E-state index in [2.05, 4.69) is 5.32 Å². The Kier molecular flexibility index (Phi) is 3.23. The standard InChI is InChI=1S/C10H14FN/c1-3-10(12-2)8-6-4-5-7-9(8)11/h4-7,10,12H,3H2,1-2H3/t10-/m1/s1. The van der Waals surface area contributed by atoms with Crippen LogP contribution in [0.2, 0.25) is 0 Å². The SMILES string of the molecule is CC[C@@H](NC)c1ccccc1F. The molecule has 0 saturated heterocycles. The van der Waals surface area contributed by atoms with E-state index in [9.17, 15) is 4.39 Å². The van der Waals surface area contributed by atoms with Crippen LogP contribution in [-0.4, -0.2) is 7.05 Å². The van der Waals surface area contributed by atoms with Crippen LogP contribution in [0.3, 0.4) is 0 Å². The zero-order valence-electron chi connectivity index (χ0n) is 7.47. The minimum Gasteiger partial charge on any atom is -0.313 e. The predicted octanol–water partition coefficient (Wildman–Crippen LogP) is 2.50. The number of hydrogen-bond acceptors (Lipinski definition) is 1. The Morgan fingerprint density at radius 3 is 2.58 bits per heavy atom. The van der Waals surface area contributed by atoms with Gasteiger partial charge in [0.2, 0.25) is 0 Å². The van der Waals surface area contributed by atoms with Crippen molar-refractivity contribution in [1.29, 1.82) is 0 Å². The van der Waals surface area contributed by atoms with Crippen LogP contribution in [0, 0.1) is 5.82 Å². The molecule has 0 radical (unpaired) electrons. The zero-order chi connectivity index (χ0) is 8.97. The molecule has 1 aromatic carbocycles. The number of benzene rings is 1. The summed E-state index contributed by atoms with van der Waals surface area (Å²) in [5.74, 6) is -0.126. The van der Waals surface area contributed by atoms with Gasteiger partial charge in [-0.15, -0.1) is 0 Å². The van der Waals surface area contributed by atoms with Crippen molar-refractivity contribution in [1.82, 2.24) is 5.32 Å². The second-order valence-electron chi connectivity index (χ2n) is 2.77. The molecule has 0 amide bonds. The molecule has 1 nitrogen and oxygen atoms in total. The summed E-state index contributed by atoms with van der Waals surface area (Å²) in [6.07, 6.45) is 0.900. The first-order valence-corrected chi connectivity index (χ1v) is 4.21. The summed E-state index contributed by atoms with van der Waals surface area (Å²) >= 11 is 0. The van der Waals surface area contributed by atoms with E-state index < -0.39 is 0 Å². The van der Waals surface area contributed by atoms with Gasteiger partial charge in [-0.2, -0.15) is 0 Å². The number of halogens is 1. The fourth-order valence-electron chi connectivity index (χ4n) is 1.34. The maximum absolute atomic E-state index is 13.2. The quantitative estimate of drug-likeness (QED) is 0.729. The molecule has 0 spiro atoms. The van der Waals surface area contributed by atoms with Crippen LogP contribution >= 0.6 is 0 Å². The van der Waals surface area contributed by atoms with E-state index >= 15 is 0 Å². The summed E-state index contributed by atoms with van der Waals surface area (Å²) in [6, 6.07) is 7.01. The Hall–Kier alpha value is -0.890. The van der Waals surface area contributed by atoms with Crippen molar-refractivity contribution in [2.24, 2.45) is 0 Å². The Labute approximate surface area is 72.6 Å². The van der Waals surface area contributed by atoms with E-state index in [1.165, 1.54) is 6.07 Å². The van der Waals surface area contributed by atoms with Gasteiger partial charge >= 0.3 is 0 Å². The van der Waals surface area contributed by atoms with Crippen molar-refractivity contribution in [2.75, 3.05) is 7.05 Å². The Bertz CT molecular complexity index is 243. The minimum absolute atomic E-state index is 0.126. The molecular weight excluding hydrogens is 153 g/mol. The van der Waals surface area contributed by atoms with E-state index in [1.54, 1.807) is 6.07 Å². The van der Waals surface area contributed by atoms with Gasteiger partial charge in [-0.05, 0) is 19.5 Å². The molecule has 2 heteroatoms. The lowest BCUT2D eigenvalue weighted by molar-refractivity contribution is 0.525. The molecule has 0 bridgehead atoms. The van der Waals surface area contributed by atoms with Crippen LogP contribution in [-0.2, 0) is 0 Å². The van der Waals surface area contributed by atoms with Gasteiger partial charge in [-0.25, -0.2) is 4.39 Å². The molecule has 1 aromatic rings. The van der Waals surface area contributed by atoms with Crippen LogP contribution in [0.15, 0.2) is 24.3 Å². The molecule has 1 N–H and O–H groups in total. The van der Waals surface area contributed by atoms with Crippen molar-refractivity contribution in [3.8, 4) is 0 Å². The third kappa shape index (κ3) is 1.83. The van der Waals surface area contributed by atoms with Crippen LogP contribution in [0.25, 0.3) is 0 Å². The lowest BCUT2D eigenvalue weighted by Crippen LogP contribution is -2.16. The normalized spacial score (nSPS) is 12.9. The van der Waals surface area contributed by atoms with Crippen LogP contribution in [0.4, 0.5) is 4.39 Å². The summed E-state index contributed by atoms with van der Waals surface area (Å²) in [4.78, 5) is 0. The number of nitrogens with one attached hydrogen (secondary N) is 1. The molecule has 0 unspecified atom stereocenters. The smallest absolute Gasteiger partial charge is 0.127 e. The topological polar surface area (TPSA) is 12.0 Å². The maximum Gasteiger partial charge on any atom is 0.127 e. The molecule has 12 heavy (non-hydrogen) atoms. The largest absolute Gasteiger partial charge is 0.313 e. The van der Waals surface area contributed by atoms with Crippen molar-refractivity contribution in [2.45, 2.75) is 19.4 Å². The zero-order valence-corrected chi connectivity index (χ0v) is 7.47. The molecule has 66 valence electrons. The molecule has 0 aliphatic carbocycles. The van der Waals surface area contributed by atoms with Gasteiger partial charge in [0.05, 0.1) is 0 Å². The third-order valence-electron chi connectivity index (χ3n) is 2.04. The third-order valence-corrected chi connectivity index (χ3v) is 2.04. The average molecular weight is 167 g/mol. The van der Waals surface area contributed by atoms with Crippen molar-refractivity contribution in [3.63, 3.8) is 0 Å². The molecule has 0 fully saturated rings. The molecule has 0 saturated carbocycles. The number of rotatable bonds is 3. The highest BCUT2D eigenvalue weighted by atomic mass is 19.1.